The zero-order valence-corrected chi connectivity index (χ0v) is 23.0. The van der Waals surface area contributed by atoms with E-state index in [9.17, 15) is 24.6 Å². The molecule has 10 nitrogen and oxygen atoms in total. The van der Waals surface area contributed by atoms with Gasteiger partial charge < -0.3 is 33.9 Å². The van der Waals surface area contributed by atoms with Crippen LogP contribution in [-0.2, 0) is 30.3 Å². The average Bonchev–Trinajstić information content (AvgIpc) is 3.50. The molecule has 2 aliphatic heterocycles. The number of esters is 1. The zero-order valence-electron chi connectivity index (χ0n) is 22.3. The van der Waals surface area contributed by atoms with Crippen LogP contribution in [0.3, 0.4) is 0 Å². The molecule has 1 saturated heterocycles. The second kappa shape index (κ2) is 8.55. The number of halogens is 1. The van der Waals surface area contributed by atoms with E-state index < -0.39 is 51.9 Å². The zero-order chi connectivity index (χ0) is 28.0. The fourth-order valence-corrected chi connectivity index (χ4v) is 8.20. The molecule has 2 heterocycles. The monoisotopic (exact) mass is 552 g/mol. The van der Waals surface area contributed by atoms with Gasteiger partial charge in [0.1, 0.15) is 22.7 Å². The van der Waals surface area contributed by atoms with E-state index in [1.165, 1.54) is 14.2 Å². The number of carboxylic acid groups (broad SMARTS) is 1. The van der Waals surface area contributed by atoms with E-state index >= 15 is 0 Å². The van der Waals surface area contributed by atoms with Gasteiger partial charge in [-0.15, -0.1) is 11.6 Å². The number of carboxylic acids is 1. The molecule has 2 N–H and O–H groups in total. The summed E-state index contributed by atoms with van der Waals surface area (Å²) in [6, 6.07) is 0. The van der Waals surface area contributed by atoms with Crippen LogP contribution >= 0.6 is 11.6 Å². The molecule has 38 heavy (non-hydrogen) atoms. The van der Waals surface area contributed by atoms with E-state index in [1.54, 1.807) is 6.92 Å². The van der Waals surface area contributed by atoms with Gasteiger partial charge in [-0.1, -0.05) is 20.8 Å². The Morgan fingerprint density at radius 3 is 2.50 bits per heavy atom. The Bertz CT molecular complexity index is 1230. The number of fused-ring (bicyclic) bond motifs is 1. The number of cyclic esters (lactones) is 1. The van der Waals surface area contributed by atoms with E-state index in [-0.39, 0.29) is 52.5 Å². The largest absolute Gasteiger partial charge is 0.507 e. The number of aromatic hydroxyl groups is 1. The van der Waals surface area contributed by atoms with Gasteiger partial charge >= 0.3 is 11.9 Å². The number of phenols is 1. The van der Waals surface area contributed by atoms with Crippen molar-refractivity contribution in [3.8, 4) is 11.5 Å². The predicted octanol–water partition coefficient (Wildman–Crippen LogP) is 3.98. The molecule has 1 spiro atoms. The number of rotatable bonds is 7. The Labute approximate surface area is 225 Å². The Hall–Kier alpha value is -2.40. The summed E-state index contributed by atoms with van der Waals surface area (Å²) < 4.78 is 28.6. The predicted molar refractivity (Wildman–Crippen MR) is 133 cm³/mol. The van der Waals surface area contributed by atoms with Crippen molar-refractivity contribution in [2.45, 2.75) is 82.5 Å². The van der Waals surface area contributed by atoms with Gasteiger partial charge in [0, 0.05) is 29.7 Å². The number of alkyl halides is 1. The third kappa shape index (κ3) is 3.20. The van der Waals surface area contributed by atoms with Crippen LogP contribution in [0.4, 0.5) is 0 Å². The summed E-state index contributed by atoms with van der Waals surface area (Å²) in [6.45, 7) is 7.41. The second-order valence-electron chi connectivity index (χ2n) is 11.7. The molecular weight excluding hydrogens is 520 g/mol. The van der Waals surface area contributed by atoms with Crippen molar-refractivity contribution in [1.29, 1.82) is 0 Å². The number of hydrogen-bond acceptors (Lipinski definition) is 9. The molecule has 5 rings (SSSR count). The third-order valence-corrected chi connectivity index (χ3v) is 10.4. The number of benzene rings is 1. The highest BCUT2D eigenvalue weighted by atomic mass is 35.5. The van der Waals surface area contributed by atoms with Crippen LogP contribution in [-0.4, -0.2) is 65.3 Å². The third-order valence-electron chi connectivity index (χ3n) is 9.65. The minimum Gasteiger partial charge on any atom is -0.507 e. The molecule has 0 aromatic heterocycles. The Morgan fingerprint density at radius 1 is 1.24 bits per heavy atom. The smallest absolute Gasteiger partial charge is 0.345 e. The van der Waals surface area contributed by atoms with Crippen molar-refractivity contribution in [1.82, 2.24) is 0 Å². The quantitative estimate of drug-likeness (QED) is 0.221. The first-order valence-electron chi connectivity index (χ1n) is 12.6. The summed E-state index contributed by atoms with van der Waals surface area (Å²) in [4.78, 5) is 37.5. The number of epoxide rings is 1. The fourth-order valence-electron chi connectivity index (χ4n) is 7.93. The van der Waals surface area contributed by atoms with Crippen molar-refractivity contribution in [3.63, 3.8) is 0 Å². The maximum atomic E-state index is 12.9. The van der Waals surface area contributed by atoms with Gasteiger partial charge in [-0.25, -0.2) is 4.79 Å². The molecule has 11 heteroatoms. The van der Waals surface area contributed by atoms with Crippen LogP contribution in [0, 0.1) is 16.7 Å². The molecule has 7 unspecified atom stereocenters. The number of phenolic OH excluding ortho intramolecular Hbond substituents is 1. The summed E-state index contributed by atoms with van der Waals surface area (Å²) >= 11 is 6.73. The summed E-state index contributed by atoms with van der Waals surface area (Å²) in [7, 11) is 2.62. The molecule has 0 amide bonds. The Kier molecular flexibility index (Phi) is 6.11. The fraction of sp³-hybridized carbons (Fsp3) is 0.667. The first kappa shape index (κ1) is 27.2. The first-order valence-corrected chi connectivity index (χ1v) is 13.0. The molecule has 0 bridgehead atoms. The van der Waals surface area contributed by atoms with E-state index in [0.717, 1.165) is 0 Å². The minimum absolute atomic E-state index is 0.0223. The molecule has 4 aliphatic rings. The number of methoxy groups -OCH3 is 2. The normalized spacial score (nSPS) is 38.4. The number of ether oxygens (including phenoxy) is 5. The lowest BCUT2D eigenvalue weighted by Gasteiger charge is -2.59. The molecule has 0 radical (unpaired) electrons. The highest BCUT2D eigenvalue weighted by Crippen LogP contribution is 2.75. The van der Waals surface area contributed by atoms with Crippen LogP contribution in [0.25, 0.3) is 0 Å². The lowest BCUT2D eigenvalue weighted by Crippen LogP contribution is -2.68. The highest BCUT2D eigenvalue weighted by Gasteiger charge is 2.83. The average molecular weight is 553 g/mol. The van der Waals surface area contributed by atoms with Crippen molar-refractivity contribution in [2.24, 2.45) is 16.7 Å². The van der Waals surface area contributed by atoms with Crippen LogP contribution < -0.4 is 4.74 Å². The number of aliphatic carboxylic acids is 1. The standard InChI is InChI=1S/C27H33ClO10/c1-24(2)14(28)7-8-25(3)20(21(31)32)26(4,9-15-27(24,25)38-15)36-11-13-18(30)12(10-29)16-17(19(13)34-5)22(33)37-23(16)35-6/h10,14-15,20,23,30H,7-9,11H2,1-6H3,(H,31,32). The van der Waals surface area contributed by atoms with Crippen molar-refractivity contribution in [2.75, 3.05) is 14.2 Å². The Morgan fingerprint density at radius 2 is 1.92 bits per heavy atom. The lowest BCUT2D eigenvalue weighted by atomic mass is 9.45. The topological polar surface area (TPSA) is 141 Å². The molecule has 7 atom stereocenters. The Balaban J connectivity index is 1.56. The van der Waals surface area contributed by atoms with Crippen molar-refractivity contribution >= 4 is 29.8 Å². The van der Waals surface area contributed by atoms with E-state index in [1.807, 2.05) is 20.8 Å². The van der Waals surface area contributed by atoms with Crippen LogP contribution in [0.2, 0.25) is 0 Å². The van der Waals surface area contributed by atoms with E-state index in [2.05, 4.69) is 0 Å². The molecule has 1 aromatic carbocycles. The summed E-state index contributed by atoms with van der Waals surface area (Å²) in [5.41, 5.74) is -3.27. The van der Waals surface area contributed by atoms with Crippen LogP contribution in [0.15, 0.2) is 0 Å². The maximum absolute atomic E-state index is 12.9. The van der Waals surface area contributed by atoms with E-state index in [0.29, 0.717) is 19.1 Å². The van der Waals surface area contributed by atoms with Crippen molar-refractivity contribution in [3.05, 3.63) is 22.3 Å². The number of aldehydes is 1. The molecule has 2 saturated carbocycles. The number of carbonyl (C=O) groups is 3. The molecule has 208 valence electrons. The highest BCUT2D eigenvalue weighted by molar-refractivity contribution is 6.21. The molecule has 2 aliphatic carbocycles. The van der Waals surface area contributed by atoms with Gasteiger partial charge in [-0.3, -0.25) is 9.59 Å². The van der Waals surface area contributed by atoms with Crippen molar-refractivity contribution < 1.29 is 48.3 Å². The van der Waals surface area contributed by atoms with Crippen LogP contribution in [0.1, 0.15) is 85.1 Å². The van der Waals surface area contributed by atoms with Gasteiger partial charge in [-0.2, -0.15) is 0 Å². The van der Waals surface area contributed by atoms with Gasteiger partial charge in [0.25, 0.3) is 0 Å². The summed E-state index contributed by atoms with van der Waals surface area (Å²) in [6.07, 6.45) is 0.434. The van der Waals surface area contributed by atoms with E-state index in [4.69, 9.17) is 35.3 Å². The number of hydrogen-bond donors (Lipinski definition) is 2. The van der Waals surface area contributed by atoms with Gasteiger partial charge in [0.05, 0.1) is 48.0 Å². The summed E-state index contributed by atoms with van der Waals surface area (Å²) in [5, 5.41) is 21.5. The maximum Gasteiger partial charge on any atom is 0.345 e. The van der Waals surface area contributed by atoms with Gasteiger partial charge in [0.2, 0.25) is 6.29 Å². The summed E-state index contributed by atoms with van der Waals surface area (Å²) in [5.74, 6) is -3.23. The molecule has 1 aromatic rings. The SMILES string of the molecule is COc1c(COC2(C)CC3OC34C(C)(C)C(Cl)CCC4(C)C2C(=O)O)c(O)c(C=O)c2c1C(=O)OC2OC. The van der Waals surface area contributed by atoms with Crippen LogP contribution in [0.5, 0.6) is 11.5 Å². The molecule has 3 fully saturated rings. The minimum atomic E-state index is -1.21. The van der Waals surface area contributed by atoms with Gasteiger partial charge in [0.15, 0.2) is 6.29 Å². The first-order chi connectivity index (χ1) is 17.8. The number of carbonyl (C=O) groups excluding carboxylic acids is 2. The lowest BCUT2D eigenvalue weighted by molar-refractivity contribution is -0.198. The second-order valence-corrected chi connectivity index (χ2v) is 12.2. The molecular formula is C27H33ClO10. The van der Waals surface area contributed by atoms with Gasteiger partial charge in [-0.05, 0) is 19.8 Å².